The Kier molecular flexibility index (Phi) is 5.15. The first-order valence-electron chi connectivity index (χ1n) is 7.68. The molecule has 3 rings (SSSR count). The number of aromatic nitrogens is 3. The molecule has 0 amide bonds. The van der Waals surface area contributed by atoms with Crippen molar-refractivity contribution in [2.24, 2.45) is 7.05 Å². The molecule has 0 unspecified atom stereocenters. The summed E-state index contributed by atoms with van der Waals surface area (Å²) in [6.45, 7) is 2.59. The molecule has 4 nitrogen and oxygen atoms in total. The van der Waals surface area contributed by atoms with Crippen LogP contribution in [-0.2, 0) is 12.8 Å². The minimum absolute atomic E-state index is 0.300. The number of benzene rings is 2. The molecule has 0 N–H and O–H groups in total. The quantitative estimate of drug-likeness (QED) is 0.625. The van der Waals surface area contributed by atoms with Crippen LogP contribution in [-0.4, -0.2) is 21.4 Å². The fraction of sp³-hybridized carbons (Fsp3) is 0.222. The number of nitrogens with zero attached hydrogens (tertiary/aromatic N) is 3. The SMILES string of the molecule is CCOc1ccccc1CSc1nnc(-c2ccccc2F)n1C. The van der Waals surface area contributed by atoms with Gasteiger partial charge in [-0.05, 0) is 25.1 Å². The van der Waals surface area contributed by atoms with E-state index in [1.54, 1.807) is 30.0 Å². The van der Waals surface area contributed by atoms with Crippen LogP contribution < -0.4 is 4.74 Å². The fourth-order valence-corrected chi connectivity index (χ4v) is 3.28. The van der Waals surface area contributed by atoms with E-state index in [0.29, 0.717) is 23.7 Å². The summed E-state index contributed by atoms with van der Waals surface area (Å²) in [5, 5.41) is 9.07. The Morgan fingerprint density at radius 2 is 1.83 bits per heavy atom. The first-order chi connectivity index (χ1) is 11.7. The summed E-state index contributed by atoms with van der Waals surface area (Å²) < 4.78 is 21.4. The Morgan fingerprint density at radius 1 is 1.08 bits per heavy atom. The molecular formula is C18H18FN3OS. The molecule has 0 aliphatic heterocycles. The van der Waals surface area contributed by atoms with Gasteiger partial charge in [-0.2, -0.15) is 0 Å². The maximum atomic E-state index is 13.9. The van der Waals surface area contributed by atoms with E-state index in [1.807, 2.05) is 42.8 Å². The van der Waals surface area contributed by atoms with Crippen molar-refractivity contribution in [2.45, 2.75) is 17.8 Å². The van der Waals surface area contributed by atoms with Gasteiger partial charge >= 0.3 is 0 Å². The number of halogens is 1. The van der Waals surface area contributed by atoms with E-state index < -0.39 is 0 Å². The molecule has 0 radical (unpaired) electrons. The van der Waals surface area contributed by atoms with Gasteiger partial charge in [-0.1, -0.05) is 42.1 Å². The third-order valence-electron chi connectivity index (χ3n) is 3.58. The zero-order valence-electron chi connectivity index (χ0n) is 13.6. The van der Waals surface area contributed by atoms with E-state index in [4.69, 9.17) is 4.74 Å². The molecule has 0 aliphatic rings. The molecule has 0 fully saturated rings. The van der Waals surface area contributed by atoms with Gasteiger partial charge in [-0.15, -0.1) is 10.2 Å². The molecule has 2 aromatic carbocycles. The first kappa shape index (κ1) is 16.5. The zero-order chi connectivity index (χ0) is 16.9. The second-order valence-corrected chi connectivity index (χ2v) is 6.12. The van der Waals surface area contributed by atoms with E-state index in [-0.39, 0.29) is 5.82 Å². The van der Waals surface area contributed by atoms with Gasteiger partial charge in [0.15, 0.2) is 11.0 Å². The second-order valence-electron chi connectivity index (χ2n) is 5.17. The van der Waals surface area contributed by atoms with Gasteiger partial charge in [0.05, 0.1) is 12.2 Å². The van der Waals surface area contributed by atoms with Crippen molar-refractivity contribution in [1.82, 2.24) is 14.8 Å². The Labute approximate surface area is 144 Å². The molecule has 1 aromatic heterocycles. The first-order valence-corrected chi connectivity index (χ1v) is 8.67. The number of ether oxygens (including phenoxy) is 1. The van der Waals surface area contributed by atoms with Crippen LogP contribution in [0.3, 0.4) is 0 Å². The highest BCUT2D eigenvalue weighted by atomic mass is 32.2. The van der Waals surface area contributed by atoms with Gasteiger partial charge in [-0.3, -0.25) is 0 Å². The molecule has 0 spiro atoms. The van der Waals surface area contributed by atoms with Crippen LogP contribution in [0, 0.1) is 5.82 Å². The van der Waals surface area contributed by atoms with Crippen LogP contribution in [0.1, 0.15) is 12.5 Å². The maximum Gasteiger partial charge on any atom is 0.191 e. The Hall–Kier alpha value is -2.34. The molecule has 24 heavy (non-hydrogen) atoms. The summed E-state index contributed by atoms with van der Waals surface area (Å²) in [6.07, 6.45) is 0. The van der Waals surface area contributed by atoms with Gasteiger partial charge in [0.2, 0.25) is 0 Å². The van der Waals surface area contributed by atoms with E-state index in [1.165, 1.54) is 6.07 Å². The Bertz CT molecular complexity index is 835. The second kappa shape index (κ2) is 7.49. The maximum absolute atomic E-state index is 13.9. The van der Waals surface area contributed by atoms with Crippen LogP contribution in [0.15, 0.2) is 53.7 Å². The monoisotopic (exact) mass is 343 g/mol. The predicted molar refractivity (Wildman–Crippen MR) is 93.6 cm³/mol. The third kappa shape index (κ3) is 3.43. The average molecular weight is 343 g/mol. The van der Waals surface area contributed by atoms with Crippen molar-refractivity contribution in [3.63, 3.8) is 0 Å². The summed E-state index contributed by atoms with van der Waals surface area (Å²) >= 11 is 1.55. The summed E-state index contributed by atoms with van der Waals surface area (Å²) in [6, 6.07) is 14.5. The predicted octanol–water partition coefficient (Wildman–Crippen LogP) is 4.31. The number of hydrogen-bond acceptors (Lipinski definition) is 4. The summed E-state index contributed by atoms with van der Waals surface area (Å²) in [7, 11) is 1.85. The van der Waals surface area contributed by atoms with Gasteiger partial charge in [0.25, 0.3) is 0 Å². The molecule has 0 saturated heterocycles. The highest BCUT2D eigenvalue weighted by molar-refractivity contribution is 7.98. The van der Waals surface area contributed by atoms with Crippen LogP contribution >= 0.6 is 11.8 Å². The summed E-state index contributed by atoms with van der Waals surface area (Å²) in [5.41, 5.74) is 1.55. The van der Waals surface area contributed by atoms with E-state index in [2.05, 4.69) is 10.2 Å². The normalized spacial score (nSPS) is 10.8. The number of para-hydroxylation sites is 1. The minimum Gasteiger partial charge on any atom is -0.494 e. The lowest BCUT2D eigenvalue weighted by Gasteiger charge is -2.09. The average Bonchev–Trinajstić information content (AvgIpc) is 2.95. The number of rotatable bonds is 6. The zero-order valence-corrected chi connectivity index (χ0v) is 14.4. The standard InChI is InChI=1S/C18H18FN3OS/c1-3-23-16-11-7-4-8-13(16)12-24-18-21-20-17(22(18)2)14-9-5-6-10-15(14)19/h4-11H,3,12H2,1-2H3. The lowest BCUT2D eigenvalue weighted by molar-refractivity contribution is 0.337. The van der Waals surface area contributed by atoms with Crippen molar-refractivity contribution in [1.29, 1.82) is 0 Å². The molecular weight excluding hydrogens is 325 g/mol. The Morgan fingerprint density at radius 3 is 2.62 bits per heavy atom. The van der Waals surface area contributed by atoms with Crippen molar-refractivity contribution in [3.05, 3.63) is 59.9 Å². The summed E-state index contributed by atoms with van der Waals surface area (Å²) in [4.78, 5) is 0. The van der Waals surface area contributed by atoms with Crippen molar-refractivity contribution < 1.29 is 9.13 Å². The largest absolute Gasteiger partial charge is 0.494 e. The molecule has 0 atom stereocenters. The van der Waals surface area contributed by atoms with Crippen molar-refractivity contribution in [3.8, 4) is 17.1 Å². The van der Waals surface area contributed by atoms with E-state index >= 15 is 0 Å². The molecule has 1 heterocycles. The molecule has 6 heteroatoms. The molecule has 0 bridgehead atoms. The number of hydrogen-bond donors (Lipinski definition) is 0. The van der Waals surface area contributed by atoms with Gasteiger partial charge in [-0.25, -0.2) is 4.39 Å². The van der Waals surface area contributed by atoms with Gasteiger partial charge in [0.1, 0.15) is 11.6 Å². The Balaban J connectivity index is 1.79. The lowest BCUT2D eigenvalue weighted by Crippen LogP contribution is -1.98. The lowest BCUT2D eigenvalue weighted by atomic mass is 10.2. The molecule has 124 valence electrons. The molecule has 0 aliphatic carbocycles. The molecule has 0 saturated carbocycles. The van der Waals surface area contributed by atoms with Crippen molar-refractivity contribution >= 4 is 11.8 Å². The van der Waals surface area contributed by atoms with Crippen LogP contribution in [0.2, 0.25) is 0 Å². The van der Waals surface area contributed by atoms with Crippen molar-refractivity contribution in [2.75, 3.05) is 6.61 Å². The minimum atomic E-state index is -0.300. The third-order valence-corrected chi connectivity index (χ3v) is 4.65. The highest BCUT2D eigenvalue weighted by Crippen LogP contribution is 2.29. The van der Waals surface area contributed by atoms with E-state index in [0.717, 1.165) is 16.5 Å². The summed E-state index contributed by atoms with van der Waals surface area (Å²) in [5.74, 6) is 1.81. The van der Waals surface area contributed by atoms with Crippen LogP contribution in [0.5, 0.6) is 5.75 Å². The van der Waals surface area contributed by atoms with Crippen LogP contribution in [0.25, 0.3) is 11.4 Å². The topological polar surface area (TPSA) is 39.9 Å². The van der Waals surface area contributed by atoms with Crippen LogP contribution in [0.4, 0.5) is 4.39 Å². The number of thioether (sulfide) groups is 1. The van der Waals surface area contributed by atoms with Gasteiger partial charge in [0, 0.05) is 18.4 Å². The van der Waals surface area contributed by atoms with E-state index in [9.17, 15) is 4.39 Å². The highest BCUT2D eigenvalue weighted by Gasteiger charge is 2.15. The fourth-order valence-electron chi connectivity index (χ4n) is 2.38. The van der Waals surface area contributed by atoms with Gasteiger partial charge < -0.3 is 9.30 Å². The smallest absolute Gasteiger partial charge is 0.191 e. The molecule has 3 aromatic rings.